The van der Waals surface area contributed by atoms with E-state index in [2.05, 4.69) is 4.40 Å². The number of sulfonamides is 1. The SMILES string of the molecule is CCn1c(=NS(=O)(=O)c2ccc(F)cc2)sc2cc(OC)c(OC)cc21. The summed E-state index contributed by atoms with van der Waals surface area (Å²) < 4.78 is 55.3. The zero-order valence-corrected chi connectivity index (χ0v) is 16.0. The van der Waals surface area contributed by atoms with Crippen LogP contribution in [0.5, 0.6) is 11.5 Å². The summed E-state index contributed by atoms with van der Waals surface area (Å²) in [5.41, 5.74) is 0.795. The monoisotopic (exact) mass is 396 g/mol. The molecule has 0 radical (unpaired) electrons. The molecular weight excluding hydrogens is 379 g/mol. The molecule has 2 aromatic carbocycles. The molecule has 26 heavy (non-hydrogen) atoms. The van der Waals surface area contributed by atoms with Crippen molar-refractivity contribution in [3.63, 3.8) is 0 Å². The van der Waals surface area contributed by atoms with Crippen LogP contribution in [-0.4, -0.2) is 27.2 Å². The highest BCUT2D eigenvalue weighted by molar-refractivity contribution is 7.90. The lowest BCUT2D eigenvalue weighted by atomic mass is 10.3. The van der Waals surface area contributed by atoms with Crippen molar-refractivity contribution in [1.29, 1.82) is 0 Å². The summed E-state index contributed by atoms with van der Waals surface area (Å²) in [4.78, 5) is 0.260. The van der Waals surface area contributed by atoms with Crippen LogP contribution in [0.2, 0.25) is 0 Å². The number of hydrogen-bond donors (Lipinski definition) is 0. The van der Waals surface area contributed by atoms with Crippen LogP contribution in [0.4, 0.5) is 4.39 Å². The quantitative estimate of drug-likeness (QED) is 0.664. The Kier molecular flexibility index (Phi) is 5.01. The zero-order valence-electron chi connectivity index (χ0n) is 14.4. The zero-order chi connectivity index (χ0) is 18.9. The summed E-state index contributed by atoms with van der Waals surface area (Å²) in [6.07, 6.45) is 0. The van der Waals surface area contributed by atoms with E-state index in [1.807, 2.05) is 6.92 Å². The molecule has 6 nitrogen and oxygen atoms in total. The Bertz CT molecular complexity index is 1120. The molecule has 138 valence electrons. The fraction of sp³-hybridized carbons (Fsp3) is 0.235. The predicted octanol–water partition coefficient (Wildman–Crippen LogP) is 3.17. The first kappa shape index (κ1) is 18.4. The molecule has 0 atom stereocenters. The van der Waals surface area contributed by atoms with Crippen molar-refractivity contribution < 1.29 is 22.3 Å². The maximum absolute atomic E-state index is 13.1. The number of thiazole rings is 1. The van der Waals surface area contributed by atoms with E-state index in [1.54, 1.807) is 16.7 Å². The molecule has 3 aromatic rings. The second-order valence-electron chi connectivity index (χ2n) is 5.32. The molecule has 9 heteroatoms. The number of halogens is 1. The second kappa shape index (κ2) is 7.08. The van der Waals surface area contributed by atoms with Crippen LogP contribution in [0.3, 0.4) is 0 Å². The van der Waals surface area contributed by atoms with E-state index in [1.165, 1.54) is 37.7 Å². The Morgan fingerprint density at radius 2 is 1.73 bits per heavy atom. The Morgan fingerprint density at radius 1 is 1.12 bits per heavy atom. The topological polar surface area (TPSA) is 69.9 Å². The summed E-state index contributed by atoms with van der Waals surface area (Å²) in [5, 5.41) is 0. The van der Waals surface area contributed by atoms with E-state index in [-0.39, 0.29) is 4.90 Å². The van der Waals surface area contributed by atoms with Gasteiger partial charge in [0.2, 0.25) is 4.80 Å². The Labute approximate surface area is 154 Å². The molecule has 0 aliphatic carbocycles. The Hall–Kier alpha value is -2.39. The molecule has 0 aliphatic rings. The van der Waals surface area contributed by atoms with Gasteiger partial charge >= 0.3 is 0 Å². The van der Waals surface area contributed by atoms with Crippen LogP contribution in [0.25, 0.3) is 10.2 Å². The van der Waals surface area contributed by atoms with Crippen LogP contribution in [0, 0.1) is 5.82 Å². The molecular formula is C17H17FN2O4S2. The average Bonchev–Trinajstić information content (AvgIpc) is 2.95. The van der Waals surface area contributed by atoms with Gasteiger partial charge in [0.05, 0.1) is 29.3 Å². The summed E-state index contributed by atoms with van der Waals surface area (Å²) in [6.45, 7) is 2.42. The minimum absolute atomic E-state index is 0.0610. The van der Waals surface area contributed by atoms with E-state index in [9.17, 15) is 12.8 Å². The Morgan fingerprint density at radius 3 is 2.31 bits per heavy atom. The van der Waals surface area contributed by atoms with Crippen molar-refractivity contribution in [3.8, 4) is 11.5 Å². The van der Waals surface area contributed by atoms with Crippen molar-refractivity contribution in [2.45, 2.75) is 18.4 Å². The van der Waals surface area contributed by atoms with Gasteiger partial charge in [-0.3, -0.25) is 0 Å². The molecule has 0 amide bonds. The maximum atomic E-state index is 13.1. The number of nitrogens with zero attached hydrogens (tertiary/aromatic N) is 2. The summed E-state index contributed by atoms with van der Waals surface area (Å²) in [5.74, 6) is 0.596. The molecule has 0 spiro atoms. The predicted molar refractivity (Wildman–Crippen MR) is 97.7 cm³/mol. The van der Waals surface area contributed by atoms with Crippen molar-refractivity contribution in [3.05, 3.63) is 47.0 Å². The molecule has 0 bridgehead atoms. The third-order valence-corrected chi connectivity index (χ3v) is 6.25. The largest absolute Gasteiger partial charge is 0.493 e. The van der Waals surface area contributed by atoms with Gasteiger partial charge in [0.15, 0.2) is 11.5 Å². The fourth-order valence-electron chi connectivity index (χ4n) is 2.53. The first-order valence-corrected chi connectivity index (χ1v) is 9.97. The molecule has 0 unspecified atom stereocenters. The van der Waals surface area contributed by atoms with Gasteiger partial charge in [0, 0.05) is 18.7 Å². The van der Waals surface area contributed by atoms with Crippen molar-refractivity contribution >= 4 is 31.6 Å². The van der Waals surface area contributed by atoms with E-state index >= 15 is 0 Å². The highest BCUT2D eigenvalue weighted by atomic mass is 32.2. The fourth-order valence-corrected chi connectivity index (χ4v) is 4.84. The minimum Gasteiger partial charge on any atom is -0.493 e. The molecule has 1 aromatic heterocycles. The summed E-state index contributed by atoms with van der Waals surface area (Å²) in [6, 6.07) is 8.16. The van der Waals surface area contributed by atoms with Crippen LogP contribution >= 0.6 is 11.3 Å². The lowest BCUT2D eigenvalue weighted by Gasteiger charge is -2.08. The lowest BCUT2D eigenvalue weighted by molar-refractivity contribution is 0.355. The van der Waals surface area contributed by atoms with E-state index < -0.39 is 15.8 Å². The standard InChI is InChI=1S/C17H17FN2O4S2/c1-4-20-13-9-14(23-2)15(24-3)10-16(13)25-17(20)19-26(21,22)12-7-5-11(18)6-8-12/h5-10H,4H2,1-3H3. The normalized spacial score (nSPS) is 12.5. The van der Waals surface area contributed by atoms with Crippen LogP contribution in [-0.2, 0) is 16.6 Å². The molecule has 3 rings (SSSR count). The average molecular weight is 396 g/mol. The second-order valence-corrected chi connectivity index (χ2v) is 7.94. The third kappa shape index (κ3) is 3.32. The van der Waals surface area contributed by atoms with E-state index in [0.29, 0.717) is 22.8 Å². The molecule has 0 fully saturated rings. The molecule has 0 saturated carbocycles. The van der Waals surface area contributed by atoms with Crippen molar-refractivity contribution in [1.82, 2.24) is 4.57 Å². The molecule has 1 heterocycles. The van der Waals surface area contributed by atoms with Gasteiger partial charge in [0.25, 0.3) is 10.0 Å². The number of fused-ring (bicyclic) bond motifs is 1. The number of aryl methyl sites for hydroxylation is 1. The van der Waals surface area contributed by atoms with E-state index in [0.717, 1.165) is 22.3 Å². The highest BCUT2D eigenvalue weighted by Gasteiger charge is 2.16. The van der Waals surface area contributed by atoms with Gasteiger partial charge in [-0.25, -0.2) is 4.39 Å². The van der Waals surface area contributed by atoms with Crippen molar-refractivity contribution in [2.75, 3.05) is 14.2 Å². The minimum atomic E-state index is -3.96. The van der Waals surface area contributed by atoms with Crippen LogP contribution in [0.15, 0.2) is 45.7 Å². The number of hydrogen-bond acceptors (Lipinski definition) is 5. The van der Waals surface area contributed by atoms with Crippen LogP contribution in [0.1, 0.15) is 6.92 Å². The van der Waals surface area contributed by atoms with Gasteiger partial charge in [-0.1, -0.05) is 11.3 Å². The number of methoxy groups -OCH3 is 2. The van der Waals surface area contributed by atoms with Gasteiger partial charge < -0.3 is 14.0 Å². The van der Waals surface area contributed by atoms with Gasteiger partial charge in [-0.2, -0.15) is 8.42 Å². The lowest BCUT2D eigenvalue weighted by Crippen LogP contribution is -2.16. The van der Waals surface area contributed by atoms with E-state index in [4.69, 9.17) is 9.47 Å². The maximum Gasteiger partial charge on any atom is 0.285 e. The van der Waals surface area contributed by atoms with Crippen LogP contribution < -0.4 is 14.3 Å². The number of benzene rings is 2. The van der Waals surface area contributed by atoms with Gasteiger partial charge in [-0.05, 0) is 31.2 Å². The third-order valence-electron chi connectivity index (χ3n) is 3.81. The highest BCUT2D eigenvalue weighted by Crippen LogP contribution is 2.33. The summed E-state index contributed by atoms with van der Waals surface area (Å²) in [7, 11) is -0.881. The molecule has 0 N–H and O–H groups in total. The van der Waals surface area contributed by atoms with Gasteiger partial charge in [-0.15, -0.1) is 4.40 Å². The molecule has 0 aliphatic heterocycles. The number of rotatable bonds is 5. The number of aromatic nitrogens is 1. The molecule has 0 saturated heterocycles. The first-order valence-electron chi connectivity index (χ1n) is 7.71. The first-order chi connectivity index (χ1) is 12.4. The van der Waals surface area contributed by atoms with Gasteiger partial charge in [0.1, 0.15) is 5.82 Å². The Balaban J connectivity index is 2.23. The smallest absolute Gasteiger partial charge is 0.285 e. The summed E-state index contributed by atoms with van der Waals surface area (Å²) >= 11 is 1.23. The number of ether oxygens (including phenoxy) is 2. The van der Waals surface area contributed by atoms with Crippen molar-refractivity contribution in [2.24, 2.45) is 4.40 Å².